The molecule has 0 saturated heterocycles. The quantitative estimate of drug-likeness (QED) is 0.801. The molecular weight excluding hydrogens is 304 g/mol. The zero-order valence-electron chi connectivity index (χ0n) is 13.6. The molecule has 7 nitrogen and oxygen atoms in total. The normalized spacial score (nSPS) is 21.0. The zero-order chi connectivity index (χ0) is 16.5. The lowest BCUT2D eigenvalue weighted by Gasteiger charge is -2.29. The van der Waals surface area contributed by atoms with Crippen LogP contribution in [0.5, 0.6) is 0 Å². The lowest BCUT2D eigenvalue weighted by Crippen LogP contribution is -2.38. The molecule has 4 rings (SSSR count). The third-order valence-corrected chi connectivity index (χ3v) is 4.65. The molecule has 0 aliphatic heterocycles. The second kappa shape index (κ2) is 6.07. The van der Waals surface area contributed by atoms with Gasteiger partial charge >= 0.3 is 0 Å². The van der Waals surface area contributed by atoms with Crippen LogP contribution < -0.4 is 5.32 Å². The molecular formula is C17H20N6O. The monoisotopic (exact) mass is 324 g/mol. The van der Waals surface area contributed by atoms with Gasteiger partial charge in [0.25, 0.3) is 5.91 Å². The molecule has 0 radical (unpaired) electrons. The van der Waals surface area contributed by atoms with E-state index in [1.165, 1.54) is 5.56 Å². The van der Waals surface area contributed by atoms with Crippen LogP contribution in [0.2, 0.25) is 0 Å². The summed E-state index contributed by atoms with van der Waals surface area (Å²) in [5.41, 5.74) is 2.35. The summed E-state index contributed by atoms with van der Waals surface area (Å²) in [6.07, 6.45) is 11.2. The highest BCUT2D eigenvalue weighted by molar-refractivity contribution is 5.93. The maximum atomic E-state index is 12.5. The van der Waals surface area contributed by atoms with Crippen molar-refractivity contribution in [2.75, 3.05) is 0 Å². The fraction of sp³-hybridized carbons (Fsp3) is 0.412. The third kappa shape index (κ3) is 2.77. The van der Waals surface area contributed by atoms with E-state index in [1.54, 1.807) is 16.9 Å². The van der Waals surface area contributed by atoms with E-state index in [9.17, 15) is 4.79 Å². The SMILES string of the molecule is Cc1cnn(C2CCC(NC(=O)c3cnc4cccnn34)CC2)c1. The number of aromatic nitrogens is 5. The lowest BCUT2D eigenvalue weighted by molar-refractivity contribution is 0.0914. The van der Waals surface area contributed by atoms with E-state index < -0.39 is 0 Å². The number of hydrogen-bond donors (Lipinski definition) is 1. The molecule has 3 heterocycles. The molecule has 0 atom stereocenters. The average molecular weight is 324 g/mol. The Labute approximate surface area is 139 Å². The van der Waals surface area contributed by atoms with Crippen LogP contribution in [0.15, 0.2) is 36.9 Å². The van der Waals surface area contributed by atoms with Gasteiger partial charge in [0.05, 0.1) is 18.4 Å². The Bertz CT molecular complexity index is 859. The molecule has 0 unspecified atom stereocenters. The Hall–Kier alpha value is -2.70. The minimum absolute atomic E-state index is 0.111. The molecule has 7 heteroatoms. The standard InChI is InChI=1S/C17H20N6O/c1-12-9-20-22(11-12)14-6-4-13(5-7-14)21-17(24)15-10-18-16-3-2-8-19-23(15)16/h2-3,8-11,13-14H,4-7H2,1H3,(H,21,24). The van der Waals surface area contributed by atoms with E-state index in [2.05, 4.69) is 38.3 Å². The second-order valence-corrected chi connectivity index (χ2v) is 6.41. The highest BCUT2D eigenvalue weighted by Gasteiger charge is 2.25. The first kappa shape index (κ1) is 14.9. The number of hydrogen-bond acceptors (Lipinski definition) is 4. The minimum Gasteiger partial charge on any atom is -0.348 e. The summed E-state index contributed by atoms with van der Waals surface area (Å²) >= 11 is 0. The largest absolute Gasteiger partial charge is 0.348 e. The molecule has 0 aromatic carbocycles. The molecule has 0 bridgehead atoms. The van der Waals surface area contributed by atoms with Crippen molar-refractivity contribution in [2.24, 2.45) is 0 Å². The molecule has 124 valence electrons. The van der Waals surface area contributed by atoms with Gasteiger partial charge in [0.15, 0.2) is 5.65 Å². The van der Waals surface area contributed by atoms with Gasteiger partial charge in [-0.1, -0.05) is 0 Å². The maximum Gasteiger partial charge on any atom is 0.271 e. The van der Waals surface area contributed by atoms with Gasteiger partial charge < -0.3 is 5.32 Å². The first-order valence-corrected chi connectivity index (χ1v) is 8.31. The molecule has 1 aliphatic rings. The van der Waals surface area contributed by atoms with Crippen LogP contribution in [0.1, 0.15) is 47.8 Å². The highest BCUT2D eigenvalue weighted by Crippen LogP contribution is 2.28. The maximum absolute atomic E-state index is 12.5. The van der Waals surface area contributed by atoms with Crippen LogP contribution in [0.25, 0.3) is 5.65 Å². The Balaban J connectivity index is 1.39. The number of carbonyl (C=O) groups is 1. The number of carbonyl (C=O) groups excluding carboxylic acids is 1. The fourth-order valence-corrected chi connectivity index (χ4v) is 3.36. The van der Waals surface area contributed by atoms with Crippen LogP contribution >= 0.6 is 0 Å². The van der Waals surface area contributed by atoms with E-state index >= 15 is 0 Å². The van der Waals surface area contributed by atoms with E-state index in [1.807, 2.05) is 18.3 Å². The predicted molar refractivity (Wildman–Crippen MR) is 88.7 cm³/mol. The summed E-state index contributed by atoms with van der Waals surface area (Å²) in [5.74, 6) is -0.111. The van der Waals surface area contributed by atoms with Gasteiger partial charge in [-0.25, -0.2) is 9.50 Å². The summed E-state index contributed by atoms with van der Waals surface area (Å²) in [6, 6.07) is 4.27. The highest BCUT2D eigenvalue weighted by atomic mass is 16.2. The Morgan fingerprint density at radius 3 is 2.79 bits per heavy atom. The van der Waals surface area contributed by atoms with Crippen LogP contribution in [0, 0.1) is 6.92 Å². The molecule has 1 aliphatic carbocycles. The van der Waals surface area contributed by atoms with Crippen LogP contribution in [-0.2, 0) is 0 Å². The van der Waals surface area contributed by atoms with Gasteiger partial charge in [-0.3, -0.25) is 9.48 Å². The molecule has 0 spiro atoms. The van der Waals surface area contributed by atoms with Crippen molar-refractivity contribution < 1.29 is 4.79 Å². The lowest BCUT2D eigenvalue weighted by atomic mass is 9.91. The van der Waals surface area contributed by atoms with Crippen molar-refractivity contribution in [3.8, 4) is 0 Å². The van der Waals surface area contributed by atoms with E-state index in [4.69, 9.17) is 0 Å². The number of fused-ring (bicyclic) bond motifs is 1. The van der Waals surface area contributed by atoms with Crippen LogP contribution in [0.3, 0.4) is 0 Å². The third-order valence-electron chi connectivity index (χ3n) is 4.65. The van der Waals surface area contributed by atoms with Crippen molar-refractivity contribution in [3.63, 3.8) is 0 Å². The summed E-state index contributed by atoms with van der Waals surface area (Å²) in [4.78, 5) is 16.7. The first-order valence-electron chi connectivity index (χ1n) is 8.31. The predicted octanol–water partition coefficient (Wildman–Crippen LogP) is 2.15. The van der Waals surface area contributed by atoms with Gasteiger partial charge in [0.1, 0.15) is 5.69 Å². The Morgan fingerprint density at radius 2 is 2.04 bits per heavy atom. The van der Waals surface area contributed by atoms with Crippen LogP contribution in [-0.4, -0.2) is 36.3 Å². The molecule has 1 saturated carbocycles. The Morgan fingerprint density at radius 1 is 1.21 bits per heavy atom. The van der Waals surface area contributed by atoms with E-state index in [0.717, 1.165) is 25.7 Å². The summed E-state index contributed by atoms with van der Waals surface area (Å²) in [7, 11) is 0. The number of imidazole rings is 1. The fourth-order valence-electron chi connectivity index (χ4n) is 3.36. The smallest absolute Gasteiger partial charge is 0.271 e. The van der Waals surface area contributed by atoms with E-state index in [-0.39, 0.29) is 11.9 Å². The molecule has 1 N–H and O–H groups in total. The summed E-state index contributed by atoms with van der Waals surface area (Å²) in [6.45, 7) is 2.05. The second-order valence-electron chi connectivity index (χ2n) is 6.41. The van der Waals surface area contributed by atoms with Crippen LogP contribution in [0.4, 0.5) is 0 Å². The van der Waals surface area contributed by atoms with Gasteiger partial charge in [0, 0.05) is 18.4 Å². The zero-order valence-corrected chi connectivity index (χ0v) is 13.6. The molecule has 1 amide bonds. The van der Waals surface area contributed by atoms with E-state index in [0.29, 0.717) is 17.4 Å². The number of aryl methyl sites for hydroxylation is 1. The van der Waals surface area contributed by atoms with Gasteiger partial charge in [0.2, 0.25) is 0 Å². The Kier molecular flexibility index (Phi) is 3.76. The molecule has 3 aromatic rings. The van der Waals surface area contributed by atoms with Crippen molar-refractivity contribution in [3.05, 3.63) is 48.2 Å². The van der Waals surface area contributed by atoms with Crippen molar-refractivity contribution in [1.82, 2.24) is 29.7 Å². The van der Waals surface area contributed by atoms with Gasteiger partial charge in [-0.2, -0.15) is 10.2 Å². The van der Waals surface area contributed by atoms with Crippen molar-refractivity contribution >= 4 is 11.6 Å². The first-order chi connectivity index (χ1) is 11.7. The number of rotatable bonds is 3. The number of nitrogens with zero attached hydrogens (tertiary/aromatic N) is 5. The van der Waals surface area contributed by atoms with Crippen molar-refractivity contribution in [2.45, 2.75) is 44.7 Å². The average Bonchev–Trinajstić information content (AvgIpc) is 3.22. The minimum atomic E-state index is -0.111. The van der Waals surface area contributed by atoms with Crippen molar-refractivity contribution in [1.29, 1.82) is 0 Å². The van der Waals surface area contributed by atoms with Gasteiger partial charge in [-0.15, -0.1) is 0 Å². The van der Waals surface area contributed by atoms with Gasteiger partial charge in [-0.05, 0) is 50.3 Å². The molecule has 1 fully saturated rings. The number of nitrogens with one attached hydrogen (secondary N) is 1. The topological polar surface area (TPSA) is 77.1 Å². The summed E-state index contributed by atoms with van der Waals surface area (Å²) in [5, 5.41) is 11.7. The summed E-state index contributed by atoms with van der Waals surface area (Å²) < 4.78 is 3.63. The number of amides is 1. The molecule has 3 aromatic heterocycles. The molecule has 24 heavy (non-hydrogen) atoms.